The molecule has 1 heterocycles. The van der Waals surface area contributed by atoms with E-state index < -0.39 is 35.7 Å². The van der Waals surface area contributed by atoms with Crippen molar-refractivity contribution < 1.29 is 18.8 Å². The van der Waals surface area contributed by atoms with Crippen LogP contribution in [0.15, 0.2) is 42.5 Å². The lowest BCUT2D eigenvalue weighted by molar-refractivity contribution is -0.133. The second kappa shape index (κ2) is 8.21. The average Bonchev–Trinajstić information content (AvgIpc) is 2.87. The van der Waals surface area contributed by atoms with E-state index in [2.05, 4.69) is 17.6 Å². The number of halogens is 2. The van der Waals surface area contributed by atoms with E-state index in [1.165, 1.54) is 13.0 Å². The number of carbonyl (C=O) groups excluding carboxylic acids is 3. The van der Waals surface area contributed by atoms with Gasteiger partial charge in [0.15, 0.2) is 0 Å². The van der Waals surface area contributed by atoms with Crippen LogP contribution in [-0.2, 0) is 21.5 Å². The van der Waals surface area contributed by atoms with Crippen LogP contribution < -0.4 is 10.6 Å². The maximum Gasteiger partial charge on any atom is 0.325 e. The number of aryl methyl sites for hydroxylation is 1. The molecular weight excluding hydrogens is 397 g/mol. The first-order chi connectivity index (χ1) is 13.7. The molecule has 1 saturated heterocycles. The van der Waals surface area contributed by atoms with Gasteiger partial charge in [0.2, 0.25) is 5.91 Å². The Kier molecular flexibility index (Phi) is 5.88. The molecule has 1 fully saturated rings. The van der Waals surface area contributed by atoms with Crippen molar-refractivity contribution in [2.24, 2.45) is 0 Å². The number of benzene rings is 2. The van der Waals surface area contributed by atoms with Gasteiger partial charge in [0.05, 0.1) is 0 Å². The molecule has 8 heteroatoms. The Balaban J connectivity index is 1.72. The number of anilines is 1. The van der Waals surface area contributed by atoms with E-state index in [1.807, 2.05) is 12.1 Å². The van der Waals surface area contributed by atoms with Crippen LogP contribution in [0.5, 0.6) is 0 Å². The van der Waals surface area contributed by atoms with Gasteiger partial charge in [-0.1, -0.05) is 43.1 Å². The minimum Gasteiger partial charge on any atom is -0.325 e. The van der Waals surface area contributed by atoms with Crippen molar-refractivity contribution in [3.05, 3.63) is 64.4 Å². The molecule has 2 aromatic carbocycles. The van der Waals surface area contributed by atoms with Gasteiger partial charge in [0.1, 0.15) is 17.9 Å². The summed E-state index contributed by atoms with van der Waals surface area (Å²) in [6.07, 6.45) is 1.97. The lowest BCUT2D eigenvalue weighted by Gasteiger charge is -2.23. The molecule has 29 heavy (non-hydrogen) atoms. The monoisotopic (exact) mass is 417 g/mol. The van der Waals surface area contributed by atoms with Gasteiger partial charge in [-0.05, 0) is 43.2 Å². The van der Waals surface area contributed by atoms with Crippen molar-refractivity contribution in [1.82, 2.24) is 10.2 Å². The number of imide groups is 1. The molecule has 1 aliphatic rings. The number of urea groups is 1. The lowest BCUT2D eigenvalue weighted by atomic mass is 9.92. The lowest BCUT2D eigenvalue weighted by Crippen LogP contribution is -2.42. The third kappa shape index (κ3) is 4.24. The van der Waals surface area contributed by atoms with Crippen molar-refractivity contribution in [3.8, 4) is 0 Å². The van der Waals surface area contributed by atoms with Crippen LogP contribution in [0.1, 0.15) is 31.4 Å². The van der Waals surface area contributed by atoms with Gasteiger partial charge in [-0.2, -0.15) is 0 Å². The number of amides is 4. The Labute approximate surface area is 173 Å². The first-order valence-corrected chi connectivity index (χ1v) is 9.61. The molecule has 3 rings (SSSR count). The molecule has 0 aromatic heterocycles. The molecular formula is C21H21ClFN3O3. The summed E-state index contributed by atoms with van der Waals surface area (Å²) in [5.41, 5.74) is 0.510. The van der Waals surface area contributed by atoms with Crippen LogP contribution in [-0.4, -0.2) is 29.3 Å². The SMILES string of the molecule is CCCc1ccc(NC(=O)CN2C(=O)NC(C)(c3ccc(F)cc3Cl)C2=O)cc1. The van der Waals surface area contributed by atoms with E-state index in [4.69, 9.17) is 11.6 Å². The fourth-order valence-electron chi connectivity index (χ4n) is 3.31. The van der Waals surface area contributed by atoms with Crippen molar-refractivity contribution >= 4 is 35.1 Å². The molecule has 0 aliphatic carbocycles. The summed E-state index contributed by atoms with van der Waals surface area (Å²) in [5.74, 6) is -1.70. The first-order valence-electron chi connectivity index (χ1n) is 9.23. The zero-order chi connectivity index (χ0) is 21.2. The van der Waals surface area contributed by atoms with E-state index in [-0.39, 0.29) is 10.6 Å². The van der Waals surface area contributed by atoms with E-state index >= 15 is 0 Å². The summed E-state index contributed by atoms with van der Waals surface area (Å²) >= 11 is 6.07. The Hall–Kier alpha value is -2.93. The van der Waals surface area contributed by atoms with Crippen molar-refractivity contribution in [1.29, 1.82) is 0 Å². The molecule has 4 amide bonds. The van der Waals surface area contributed by atoms with Crippen LogP contribution in [0.4, 0.5) is 14.9 Å². The molecule has 152 valence electrons. The molecule has 1 aliphatic heterocycles. The molecule has 0 bridgehead atoms. The smallest absolute Gasteiger partial charge is 0.325 e. The molecule has 1 unspecified atom stereocenters. The highest BCUT2D eigenvalue weighted by molar-refractivity contribution is 6.32. The second-order valence-electron chi connectivity index (χ2n) is 7.07. The largest absolute Gasteiger partial charge is 0.325 e. The molecule has 0 saturated carbocycles. The summed E-state index contributed by atoms with van der Waals surface area (Å²) in [4.78, 5) is 38.4. The minimum absolute atomic E-state index is 0.0135. The van der Waals surface area contributed by atoms with Crippen LogP contribution in [0.2, 0.25) is 5.02 Å². The van der Waals surface area contributed by atoms with Crippen LogP contribution >= 0.6 is 11.6 Å². The van der Waals surface area contributed by atoms with Gasteiger partial charge in [-0.25, -0.2) is 9.18 Å². The molecule has 0 radical (unpaired) electrons. The summed E-state index contributed by atoms with van der Waals surface area (Å²) in [6.45, 7) is 3.10. The topological polar surface area (TPSA) is 78.5 Å². The highest BCUT2D eigenvalue weighted by Crippen LogP contribution is 2.33. The number of nitrogens with one attached hydrogen (secondary N) is 2. The van der Waals surface area contributed by atoms with E-state index in [0.717, 1.165) is 35.4 Å². The van der Waals surface area contributed by atoms with E-state index in [1.54, 1.807) is 12.1 Å². The number of carbonyl (C=O) groups is 3. The Morgan fingerprint density at radius 3 is 2.52 bits per heavy atom. The molecule has 0 spiro atoms. The van der Waals surface area contributed by atoms with Gasteiger partial charge in [0.25, 0.3) is 5.91 Å². The second-order valence-corrected chi connectivity index (χ2v) is 7.47. The van der Waals surface area contributed by atoms with Gasteiger partial charge in [0, 0.05) is 16.3 Å². The molecule has 1 atom stereocenters. The normalized spacial score (nSPS) is 18.7. The summed E-state index contributed by atoms with van der Waals surface area (Å²) in [6, 6.07) is 10.2. The number of rotatable bonds is 6. The molecule has 2 aromatic rings. The third-order valence-corrected chi connectivity index (χ3v) is 5.14. The first kappa shape index (κ1) is 20.8. The fourth-order valence-corrected chi connectivity index (χ4v) is 3.66. The average molecular weight is 418 g/mol. The zero-order valence-electron chi connectivity index (χ0n) is 16.1. The highest BCUT2D eigenvalue weighted by atomic mass is 35.5. The maximum atomic E-state index is 13.3. The van der Waals surface area contributed by atoms with Crippen molar-refractivity contribution in [2.45, 2.75) is 32.2 Å². The van der Waals surface area contributed by atoms with Crippen LogP contribution in [0.25, 0.3) is 0 Å². The third-order valence-electron chi connectivity index (χ3n) is 4.82. The fraction of sp³-hybridized carbons (Fsp3) is 0.286. The summed E-state index contributed by atoms with van der Waals surface area (Å²) in [5, 5.41) is 5.24. The number of hydrogen-bond acceptors (Lipinski definition) is 3. The van der Waals surface area contributed by atoms with Crippen molar-refractivity contribution in [2.75, 3.05) is 11.9 Å². The predicted octanol–water partition coefficient (Wildman–Crippen LogP) is 3.84. The zero-order valence-corrected chi connectivity index (χ0v) is 16.8. The number of hydrogen-bond donors (Lipinski definition) is 2. The van der Waals surface area contributed by atoms with E-state index in [0.29, 0.717) is 5.69 Å². The standard InChI is InChI=1S/C21H21ClFN3O3/c1-3-4-13-5-8-15(9-6-13)24-18(27)12-26-19(28)21(2,25-20(26)29)16-10-7-14(23)11-17(16)22/h5-11H,3-4,12H2,1-2H3,(H,24,27)(H,25,29). The van der Waals surface area contributed by atoms with E-state index in [9.17, 15) is 18.8 Å². The summed E-state index contributed by atoms with van der Waals surface area (Å²) < 4.78 is 13.3. The van der Waals surface area contributed by atoms with Gasteiger partial charge in [-0.3, -0.25) is 14.5 Å². The van der Waals surface area contributed by atoms with Gasteiger partial charge in [-0.15, -0.1) is 0 Å². The minimum atomic E-state index is -1.48. The quantitative estimate of drug-likeness (QED) is 0.701. The van der Waals surface area contributed by atoms with Crippen LogP contribution in [0, 0.1) is 5.82 Å². The Morgan fingerprint density at radius 1 is 1.21 bits per heavy atom. The van der Waals surface area contributed by atoms with Gasteiger partial charge < -0.3 is 10.6 Å². The number of nitrogens with zero attached hydrogens (tertiary/aromatic N) is 1. The van der Waals surface area contributed by atoms with Crippen molar-refractivity contribution in [3.63, 3.8) is 0 Å². The maximum absolute atomic E-state index is 13.3. The highest BCUT2D eigenvalue weighted by Gasteiger charge is 2.50. The molecule has 2 N–H and O–H groups in total. The predicted molar refractivity (Wildman–Crippen MR) is 108 cm³/mol. The molecule has 6 nitrogen and oxygen atoms in total. The van der Waals surface area contributed by atoms with Gasteiger partial charge >= 0.3 is 6.03 Å². The Morgan fingerprint density at radius 2 is 1.90 bits per heavy atom. The summed E-state index contributed by atoms with van der Waals surface area (Å²) in [7, 11) is 0. The van der Waals surface area contributed by atoms with Crippen LogP contribution in [0.3, 0.4) is 0 Å². The Bertz CT molecular complexity index is 964.